The minimum Gasteiger partial charge on any atom is -0.364 e. The van der Waals surface area contributed by atoms with E-state index in [0.29, 0.717) is 24.1 Å². The molecule has 0 aromatic carbocycles. The van der Waals surface area contributed by atoms with Crippen molar-refractivity contribution in [1.29, 1.82) is 0 Å². The first-order valence-electron chi connectivity index (χ1n) is 8.88. The maximum atomic E-state index is 5.40. The van der Waals surface area contributed by atoms with E-state index < -0.39 is 0 Å². The summed E-state index contributed by atoms with van der Waals surface area (Å²) in [7, 11) is 1.87. The highest BCUT2D eigenvalue weighted by atomic mass is 16.5. The largest absolute Gasteiger partial charge is 0.364 e. The highest BCUT2D eigenvalue weighted by molar-refractivity contribution is 5.88. The monoisotopic (exact) mass is 363 g/mol. The maximum Gasteiger partial charge on any atom is 0.164 e. The lowest BCUT2D eigenvalue weighted by Gasteiger charge is -2.08. The van der Waals surface area contributed by atoms with Crippen molar-refractivity contribution < 1.29 is 4.52 Å². The smallest absolute Gasteiger partial charge is 0.164 e. The van der Waals surface area contributed by atoms with Gasteiger partial charge >= 0.3 is 0 Å². The first kappa shape index (κ1) is 17.1. The Bertz CT molecular complexity index is 1050. The third kappa shape index (κ3) is 3.64. The predicted molar refractivity (Wildman–Crippen MR) is 102 cm³/mol. The zero-order valence-electron chi connectivity index (χ0n) is 15.5. The summed E-state index contributed by atoms with van der Waals surface area (Å²) in [5.74, 6) is 2.76. The van der Waals surface area contributed by atoms with Crippen molar-refractivity contribution in [1.82, 2.24) is 29.9 Å². The molecule has 0 atom stereocenters. The molecule has 138 valence electrons. The molecule has 0 aliphatic carbocycles. The first-order valence-corrected chi connectivity index (χ1v) is 8.88. The number of pyridine rings is 1. The molecule has 0 fully saturated rings. The fourth-order valence-corrected chi connectivity index (χ4v) is 2.90. The number of hydrogen-bond acceptors (Lipinski definition) is 7. The normalized spacial score (nSPS) is 11.4. The number of nitrogens with one attached hydrogen (secondary N) is 1. The molecule has 4 aromatic heterocycles. The Morgan fingerprint density at radius 3 is 2.78 bits per heavy atom. The van der Waals surface area contributed by atoms with Crippen LogP contribution in [0.1, 0.15) is 25.3 Å². The molecule has 0 spiro atoms. The van der Waals surface area contributed by atoms with Gasteiger partial charge in [0.2, 0.25) is 0 Å². The van der Waals surface area contributed by atoms with E-state index in [1.165, 1.54) is 0 Å². The van der Waals surface area contributed by atoms with Crippen molar-refractivity contribution in [3.63, 3.8) is 0 Å². The van der Waals surface area contributed by atoms with Gasteiger partial charge in [-0.1, -0.05) is 19.0 Å². The summed E-state index contributed by atoms with van der Waals surface area (Å²) < 4.78 is 7.14. The van der Waals surface area contributed by atoms with Crippen molar-refractivity contribution in [2.45, 2.75) is 26.8 Å². The molecule has 0 aliphatic heterocycles. The van der Waals surface area contributed by atoms with Gasteiger partial charge in [0.25, 0.3) is 0 Å². The third-order valence-electron chi connectivity index (χ3n) is 4.18. The van der Waals surface area contributed by atoms with E-state index in [4.69, 9.17) is 9.51 Å². The Hall–Kier alpha value is -3.29. The predicted octanol–water partition coefficient (Wildman–Crippen LogP) is 3.22. The fraction of sp³-hybridized carbons (Fsp3) is 0.316. The molecule has 4 rings (SSSR count). The molecule has 4 heterocycles. The number of hydrogen-bond donors (Lipinski definition) is 1. The summed E-state index contributed by atoms with van der Waals surface area (Å²) in [4.78, 5) is 13.4. The number of aromatic nitrogens is 6. The van der Waals surface area contributed by atoms with Gasteiger partial charge in [-0.15, -0.1) is 0 Å². The highest BCUT2D eigenvalue weighted by Gasteiger charge is 2.14. The topological polar surface area (TPSA) is 94.6 Å². The number of fused-ring (bicyclic) bond motifs is 1. The van der Waals surface area contributed by atoms with Crippen molar-refractivity contribution in [2.24, 2.45) is 13.0 Å². The van der Waals surface area contributed by atoms with E-state index in [-0.39, 0.29) is 0 Å². The van der Waals surface area contributed by atoms with E-state index >= 15 is 0 Å². The summed E-state index contributed by atoms with van der Waals surface area (Å²) in [5, 5.41) is 12.7. The van der Waals surface area contributed by atoms with Crippen molar-refractivity contribution in [2.75, 3.05) is 5.32 Å². The Labute approximate surface area is 156 Å². The second-order valence-electron chi connectivity index (χ2n) is 6.87. The summed E-state index contributed by atoms with van der Waals surface area (Å²) >= 11 is 0. The molecule has 0 bridgehead atoms. The number of nitrogens with zero attached hydrogens (tertiary/aromatic N) is 6. The molecule has 0 saturated heterocycles. The summed E-state index contributed by atoms with van der Waals surface area (Å²) in [6.45, 7) is 4.82. The molecule has 4 aromatic rings. The zero-order chi connectivity index (χ0) is 18.8. The van der Waals surface area contributed by atoms with E-state index in [0.717, 1.165) is 34.5 Å². The molecule has 0 aliphatic rings. The Morgan fingerprint density at radius 2 is 2.00 bits per heavy atom. The van der Waals surface area contributed by atoms with Gasteiger partial charge in [-0.3, -0.25) is 9.67 Å². The van der Waals surface area contributed by atoms with Crippen LogP contribution < -0.4 is 5.32 Å². The van der Waals surface area contributed by atoms with Crippen LogP contribution in [0, 0.1) is 5.92 Å². The van der Waals surface area contributed by atoms with Crippen LogP contribution in [0.4, 0.5) is 5.82 Å². The summed E-state index contributed by atoms with van der Waals surface area (Å²) in [6, 6.07) is 5.76. The zero-order valence-corrected chi connectivity index (χ0v) is 15.5. The minimum absolute atomic E-state index is 0.512. The minimum atomic E-state index is 0.512. The van der Waals surface area contributed by atoms with Crippen LogP contribution in [0.25, 0.3) is 22.4 Å². The lowest BCUT2D eigenvalue weighted by molar-refractivity contribution is 0.364. The van der Waals surface area contributed by atoms with Crippen LogP contribution in [0.5, 0.6) is 0 Å². The molecule has 0 radical (unpaired) electrons. The maximum absolute atomic E-state index is 5.40. The Kier molecular flexibility index (Phi) is 4.53. The van der Waals surface area contributed by atoms with Crippen LogP contribution in [-0.4, -0.2) is 29.9 Å². The van der Waals surface area contributed by atoms with E-state index in [1.54, 1.807) is 23.3 Å². The van der Waals surface area contributed by atoms with Gasteiger partial charge in [0.15, 0.2) is 11.5 Å². The van der Waals surface area contributed by atoms with Crippen molar-refractivity contribution >= 4 is 16.9 Å². The summed E-state index contributed by atoms with van der Waals surface area (Å²) in [6.07, 6.45) is 6.09. The van der Waals surface area contributed by atoms with Crippen molar-refractivity contribution in [3.05, 3.63) is 48.2 Å². The lowest BCUT2D eigenvalue weighted by Crippen LogP contribution is -2.05. The molecule has 1 N–H and O–H groups in total. The number of anilines is 1. The fourth-order valence-electron chi connectivity index (χ4n) is 2.90. The van der Waals surface area contributed by atoms with Gasteiger partial charge in [-0.05, 0) is 18.1 Å². The highest BCUT2D eigenvalue weighted by Crippen LogP contribution is 2.24. The van der Waals surface area contributed by atoms with Gasteiger partial charge < -0.3 is 9.84 Å². The third-order valence-corrected chi connectivity index (χ3v) is 4.18. The van der Waals surface area contributed by atoms with Gasteiger partial charge in [0.05, 0.1) is 18.1 Å². The average Bonchev–Trinajstić information content (AvgIpc) is 3.27. The SMILES string of the molecule is CC(C)Cc1cc(CNc2nc(-c3ccncc3)nc3c2cnn3C)no1. The van der Waals surface area contributed by atoms with Crippen LogP contribution in [0.2, 0.25) is 0 Å². The van der Waals surface area contributed by atoms with E-state index in [9.17, 15) is 0 Å². The molecule has 0 saturated carbocycles. The van der Waals surface area contributed by atoms with Gasteiger partial charge in [-0.25, -0.2) is 9.97 Å². The molecule has 8 heteroatoms. The molecular weight excluding hydrogens is 342 g/mol. The van der Waals surface area contributed by atoms with Crippen molar-refractivity contribution in [3.8, 4) is 11.4 Å². The molecular formula is C19H21N7O. The van der Waals surface area contributed by atoms with Crippen LogP contribution in [0.3, 0.4) is 0 Å². The van der Waals surface area contributed by atoms with Crippen LogP contribution in [-0.2, 0) is 20.0 Å². The molecule has 8 nitrogen and oxygen atoms in total. The Balaban J connectivity index is 1.63. The van der Waals surface area contributed by atoms with E-state index in [2.05, 4.69) is 39.4 Å². The average molecular weight is 363 g/mol. The van der Waals surface area contributed by atoms with Crippen LogP contribution >= 0.6 is 0 Å². The molecule has 0 unspecified atom stereocenters. The summed E-state index contributed by atoms with van der Waals surface area (Å²) in [5.41, 5.74) is 2.50. The molecule has 0 amide bonds. The lowest BCUT2D eigenvalue weighted by atomic mass is 10.1. The van der Waals surface area contributed by atoms with E-state index in [1.807, 2.05) is 25.2 Å². The molecule has 27 heavy (non-hydrogen) atoms. The number of aryl methyl sites for hydroxylation is 1. The number of rotatable bonds is 6. The quantitative estimate of drug-likeness (QED) is 0.562. The second kappa shape index (κ2) is 7.14. The second-order valence-corrected chi connectivity index (χ2v) is 6.87. The first-order chi connectivity index (χ1) is 13.1. The van der Waals surface area contributed by atoms with Gasteiger partial charge in [-0.2, -0.15) is 5.10 Å². The van der Waals surface area contributed by atoms with Crippen LogP contribution in [0.15, 0.2) is 41.3 Å². The standard InChI is InChI=1S/C19H21N7O/c1-12(2)8-15-9-14(25-27-15)10-21-18-16-11-22-26(3)19(16)24-17(23-18)13-4-6-20-7-5-13/h4-7,9,11-12H,8,10H2,1-3H3,(H,21,23,24). The Morgan fingerprint density at radius 1 is 1.19 bits per heavy atom. The van der Waals surface area contributed by atoms with Gasteiger partial charge in [0.1, 0.15) is 17.3 Å². The van der Waals surface area contributed by atoms with Gasteiger partial charge in [0, 0.05) is 37.5 Å².